The molecule has 0 spiro atoms. The average molecular weight is 549 g/mol. The largest absolute Gasteiger partial charge is 0.486 e. The molecule has 1 atom stereocenters. The Kier molecular flexibility index (Phi) is 8.44. The Morgan fingerprint density at radius 2 is 1.95 bits per heavy atom. The molecule has 0 saturated carbocycles. The average Bonchev–Trinajstić information content (AvgIpc) is 3.51. The van der Waals surface area contributed by atoms with Crippen molar-refractivity contribution in [3.8, 4) is 17.4 Å². The number of nitrogens with one attached hydrogen (secondary N) is 3. The molecular formula is C28H36N8O4. The first-order chi connectivity index (χ1) is 19.5. The number of imidazole rings is 1. The van der Waals surface area contributed by atoms with Crippen molar-refractivity contribution in [2.75, 3.05) is 50.8 Å². The molecule has 1 aromatic carbocycles. The summed E-state index contributed by atoms with van der Waals surface area (Å²) in [5.74, 6) is 2.09. The van der Waals surface area contributed by atoms with E-state index in [1.165, 1.54) is 0 Å². The number of fused-ring (bicyclic) bond motifs is 1. The van der Waals surface area contributed by atoms with Gasteiger partial charge in [0.2, 0.25) is 17.8 Å². The Hall–Kier alpha value is -4.19. The molecule has 12 heteroatoms. The Balaban J connectivity index is 1.35. The number of amides is 2. The molecule has 40 heavy (non-hydrogen) atoms. The van der Waals surface area contributed by atoms with Crippen LogP contribution in [0, 0.1) is 6.92 Å². The number of hydrogen-bond donors (Lipinski definition) is 3. The van der Waals surface area contributed by atoms with Crippen molar-refractivity contribution in [1.29, 1.82) is 0 Å². The van der Waals surface area contributed by atoms with Crippen LogP contribution in [0.1, 0.15) is 31.0 Å². The van der Waals surface area contributed by atoms with Crippen LogP contribution in [0.15, 0.2) is 43.0 Å². The zero-order chi connectivity index (χ0) is 28.0. The molecule has 2 aliphatic heterocycles. The van der Waals surface area contributed by atoms with Crippen molar-refractivity contribution in [3.63, 3.8) is 0 Å². The van der Waals surface area contributed by atoms with Crippen LogP contribution in [0.3, 0.4) is 0 Å². The number of benzene rings is 1. The lowest BCUT2D eigenvalue weighted by Gasteiger charge is -2.46. The number of anilines is 1. The molecule has 0 radical (unpaired) electrons. The maximum absolute atomic E-state index is 13.8. The fraction of sp³-hybridized carbons (Fsp3) is 0.464. The summed E-state index contributed by atoms with van der Waals surface area (Å²) in [5, 5.41) is 9.39. The van der Waals surface area contributed by atoms with Gasteiger partial charge in [-0.05, 0) is 37.5 Å². The third-order valence-electron chi connectivity index (χ3n) is 7.04. The number of ether oxygens (including phenoxy) is 2. The summed E-state index contributed by atoms with van der Waals surface area (Å²) in [6.45, 7) is 7.36. The predicted molar refractivity (Wildman–Crippen MR) is 149 cm³/mol. The van der Waals surface area contributed by atoms with Crippen LogP contribution in [0.4, 0.5) is 5.82 Å². The second kappa shape index (κ2) is 12.3. The Morgan fingerprint density at radius 3 is 2.75 bits per heavy atom. The van der Waals surface area contributed by atoms with Gasteiger partial charge in [0.25, 0.3) is 0 Å². The molecule has 2 aromatic heterocycles. The van der Waals surface area contributed by atoms with Gasteiger partial charge in [0.15, 0.2) is 11.5 Å². The minimum atomic E-state index is -1.17. The van der Waals surface area contributed by atoms with Gasteiger partial charge in [-0.2, -0.15) is 4.98 Å². The summed E-state index contributed by atoms with van der Waals surface area (Å²) < 4.78 is 13.0. The van der Waals surface area contributed by atoms with Crippen LogP contribution in [-0.2, 0) is 16.0 Å². The predicted octanol–water partition coefficient (Wildman–Crippen LogP) is 1.17. The Bertz CT molecular complexity index is 1330. The molecule has 2 amide bonds. The maximum Gasteiger partial charge on any atom is 0.247 e. The highest BCUT2D eigenvalue weighted by Crippen LogP contribution is 2.31. The van der Waals surface area contributed by atoms with E-state index in [9.17, 15) is 9.59 Å². The standard InChI is InChI=1S/C28H36N8O4/c1-3-7-32-26(38)28(17-25(37)31-8-6-21-4-5-22-23(16-21)40-14-13-39-22)18-29-10-12-36(28)24-15-20(2)33-27(34-24)35-11-9-30-19-35/h4-5,9,11,15-16,19,29H,3,6-8,10,12-14,17-18H2,1-2H3,(H,31,37)(H,32,38). The van der Waals surface area contributed by atoms with Crippen LogP contribution in [0.2, 0.25) is 0 Å². The molecule has 0 aliphatic carbocycles. The van der Waals surface area contributed by atoms with Crippen LogP contribution in [0.5, 0.6) is 11.5 Å². The Labute approximate surface area is 233 Å². The van der Waals surface area contributed by atoms with Crippen molar-refractivity contribution in [3.05, 3.63) is 54.2 Å². The van der Waals surface area contributed by atoms with E-state index in [0.29, 0.717) is 64.1 Å². The van der Waals surface area contributed by atoms with E-state index in [1.807, 2.05) is 43.0 Å². The lowest BCUT2D eigenvalue weighted by atomic mass is 9.88. The van der Waals surface area contributed by atoms with Crippen LogP contribution in [0.25, 0.3) is 5.95 Å². The number of carbonyl (C=O) groups is 2. The highest BCUT2D eigenvalue weighted by atomic mass is 16.6. The SMILES string of the molecule is CCCNC(=O)C1(CC(=O)NCCc2ccc3c(c2)OCCO3)CNCCN1c1cc(C)nc(-n2ccnc2)n1. The van der Waals surface area contributed by atoms with E-state index >= 15 is 0 Å². The van der Waals surface area contributed by atoms with E-state index in [0.717, 1.165) is 29.2 Å². The summed E-state index contributed by atoms with van der Waals surface area (Å²) in [4.78, 5) is 42.5. The first kappa shape index (κ1) is 27.4. The number of carbonyl (C=O) groups excluding carboxylic acids is 2. The Morgan fingerprint density at radius 1 is 1.10 bits per heavy atom. The molecule has 4 heterocycles. The molecule has 1 fully saturated rings. The summed E-state index contributed by atoms with van der Waals surface area (Å²) in [7, 11) is 0. The molecule has 5 rings (SSSR count). The van der Waals surface area contributed by atoms with E-state index < -0.39 is 5.54 Å². The summed E-state index contributed by atoms with van der Waals surface area (Å²) in [6.07, 6.45) is 6.45. The topological polar surface area (TPSA) is 136 Å². The number of piperazine rings is 1. The van der Waals surface area contributed by atoms with Crippen molar-refractivity contribution in [2.45, 2.75) is 38.6 Å². The van der Waals surface area contributed by atoms with Gasteiger partial charge in [-0.25, -0.2) is 9.97 Å². The van der Waals surface area contributed by atoms with Gasteiger partial charge in [0, 0.05) is 56.9 Å². The highest BCUT2D eigenvalue weighted by molar-refractivity contribution is 5.95. The molecule has 1 unspecified atom stereocenters. The fourth-order valence-electron chi connectivity index (χ4n) is 5.06. The molecule has 212 valence electrons. The molecule has 2 aliphatic rings. The quantitative estimate of drug-likeness (QED) is 0.341. The third-order valence-corrected chi connectivity index (χ3v) is 7.04. The van der Waals surface area contributed by atoms with Gasteiger partial charge in [-0.1, -0.05) is 13.0 Å². The third kappa shape index (κ3) is 6.01. The van der Waals surface area contributed by atoms with E-state index in [-0.39, 0.29) is 18.2 Å². The van der Waals surface area contributed by atoms with Crippen molar-refractivity contribution in [1.82, 2.24) is 35.5 Å². The van der Waals surface area contributed by atoms with E-state index in [1.54, 1.807) is 23.3 Å². The first-order valence-corrected chi connectivity index (χ1v) is 13.7. The van der Waals surface area contributed by atoms with Crippen molar-refractivity contribution >= 4 is 17.6 Å². The first-order valence-electron chi connectivity index (χ1n) is 13.7. The normalized spacial score (nSPS) is 18.3. The zero-order valence-electron chi connectivity index (χ0n) is 23.0. The van der Waals surface area contributed by atoms with Gasteiger partial charge in [0.05, 0.1) is 6.42 Å². The number of hydrogen-bond acceptors (Lipinski definition) is 9. The number of aromatic nitrogens is 4. The lowest BCUT2D eigenvalue weighted by Crippen LogP contribution is -2.69. The molecule has 1 saturated heterocycles. The molecule has 3 aromatic rings. The number of nitrogens with zero attached hydrogens (tertiary/aromatic N) is 5. The molecule has 3 N–H and O–H groups in total. The number of rotatable bonds is 10. The van der Waals surface area contributed by atoms with Gasteiger partial charge < -0.3 is 30.3 Å². The summed E-state index contributed by atoms with van der Waals surface area (Å²) >= 11 is 0. The molecular weight excluding hydrogens is 512 g/mol. The lowest BCUT2D eigenvalue weighted by molar-refractivity contribution is -0.132. The number of aryl methyl sites for hydroxylation is 1. The van der Waals surface area contributed by atoms with E-state index in [2.05, 4.69) is 25.9 Å². The second-order valence-electron chi connectivity index (χ2n) is 10.0. The molecule has 12 nitrogen and oxygen atoms in total. The molecule has 0 bridgehead atoms. The van der Waals surface area contributed by atoms with Crippen molar-refractivity contribution < 1.29 is 19.1 Å². The maximum atomic E-state index is 13.8. The monoisotopic (exact) mass is 548 g/mol. The van der Waals surface area contributed by atoms with Gasteiger partial charge >= 0.3 is 0 Å². The fourth-order valence-corrected chi connectivity index (χ4v) is 5.06. The zero-order valence-corrected chi connectivity index (χ0v) is 23.0. The highest BCUT2D eigenvalue weighted by Gasteiger charge is 2.48. The second-order valence-corrected chi connectivity index (χ2v) is 10.0. The minimum Gasteiger partial charge on any atom is -0.486 e. The summed E-state index contributed by atoms with van der Waals surface area (Å²) in [5.41, 5.74) is 0.616. The summed E-state index contributed by atoms with van der Waals surface area (Å²) in [6, 6.07) is 7.67. The van der Waals surface area contributed by atoms with Crippen LogP contribution < -0.4 is 30.3 Å². The van der Waals surface area contributed by atoms with E-state index in [4.69, 9.17) is 14.5 Å². The van der Waals surface area contributed by atoms with Crippen molar-refractivity contribution in [2.24, 2.45) is 0 Å². The van der Waals surface area contributed by atoms with Gasteiger partial charge in [0.1, 0.15) is 30.9 Å². The van der Waals surface area contributed by atoms with Gasteiger partial charge in [-0.3, -0.25) is 14.2 Å². The minimum absolute atomic E-state index is 0.0276. The van der Waals surface area contributed by atoms with Gasteiger partial charge in [-0.15, -0.1) is 0 Å². The smallest absolute Gasteiger partial charge is 0.247 e. The van der Waals surface area contributed by atoms with Crippen LogP contribution >= 0.6 is 0 Å². The van der Waals surface area contributed by atoms with Crippen LogP contribution in [-0.4, -0.2) is 82.8 Å².